The fraction of sp³-hybridized carbons (Fsp3) is 0.417. The zero-order chi connectivity index (χ0) is 23.1. The predicted molar refractivity (Wildman–Crippen MR) is 126 cm³/mol. The second-order valence-electron chi connectivity index (χ2n) is 9.12. The van der Waals surface area contributed by atoms with Gasteiger partial charge in [0.1, 0.15) is 12.4 Å². The van der Waals surface area contributed by atoms with Crippen LogP contribution in [0.15, 0.2) is 30.7 Å². The lowest BCUT2D eigenvalue weighted by Gasteiger charge is -2.32. The first-order valence-corrected chi connectivity index (χ1v) is 11.3. The van der Waals surface area contributed by atoms with E-state index in [-0.39, 0.29) is 12.0 Å². The third kappa shape index (κ3) is 4.16. The minimum atomic E-state index is 0.0522. The molecule has 9 nitrogen and oxygen atoms in total. The number of amides is 1. The largest absolute Gasteiger partial charge is 0.473 e. The number of aromatic nitrogens is 5. The Hall–Kier alpha value is -3.46. The van der Waals surface area contributed by atoms with Crippen molar-refractivity contribution < 1.29 is 9.53 Å². The first-order valence-electron chi connectivity index (χ1n) is 11.3. The van der Waals surface area contributed by atoms with Gasteiger partial charge in [0.05, 0.1) is 17.4 Å². The van der Waals surface area contributed by atoms with Crippen LogP contribution in [0.25, 0.3) is 27.7 Å². The monoisotopic (exact) mass is 447 g/mol. The van der Waals surface area contributed by atoms with E-state index in [0.717, 1.165) is 51.6 Å². The van der Waals surface area contributed by atoms with Crippen LogP contribution in [0.4, 0.5) is 0 Å². The van der Waals surface area contributed by atoms with Gasteiger partial charge in [0, 0.05) is 37.7 Å². The van der Waals surface area contributed by atoms with Gasteiger partial charge >= 0.3 is 0 Å². The number of fused-ring (bicyclic) bond motifs is 2. The summed E-state index contributed by atoms with van der Waals surface area (Å²) in [5.74, 6) is 0.807. The summed E-state index contributed by atoms with van der Waals surface area (Å²) in [6.07, 6.45) is 5.23. The number of carbonyl (C=O) groups excluding carboxylic acids is 1. The smallest absolute Gasteiger partial charge is 0.241 e. The topological polar surface area (TPSA) is 91.6 Å². The number of aromatic amines is 1. The van der Waals surface area contributed by atoms with Gasteiger partial charge in [0.2, 0.25) is 11.8 Å². The fourth-order valence-corrected chi connectivity index (χ4v) is 4.58. The standard InChI is InChI=1S/C24H29N7O2/c1-15-9-17(18-10-16(2)23-25-14-26-31(23)12-18)11-20-22(15)24(28-27-20)33-19-5-7-30(8-6-19)21(32)13-29(3)4/h9-12,14,19H,5-8,13H2,1-4H3,(H,27,28). The van der Waals surface area contributed by atoms with Gasteiger partial charge in [-0.05, 0) is 56.8 Å². The molecule has 0 saturated carbocycles. The number of nitrogens with zero attached hydrogens (tertiary/aromatic N) is 6. The highest BCUT2D eigenvalue weighted by atomic mass is 16.5. The van der Waals surface area contributed by atoms with Crippen LogP contribution in [-0.4, -0.2) is 80.3 Å². The molecule has 0 radical (unpaired) electrons. The van der Waals surface area contributed by atoms with E-state index in [1.165, 1.54) is 0 Å². The highest BCUT2D eigenvalue weighted by molar-refractivity contribution is 5.91. The molecule has 172 valence electrons. The third-order valence-electron chi connectivity index (χ3n) is 6.24. The van der Waals surface area contributed by atoms with Crippen molar-refractivity contribution in [2.45, 2.75) is 32.8 Å². The minimum absolute atomic E-state index is 0.0522. The van der Waals surface area contributed by atoms with Crippen molar-refractivity contribution in [2.75, 3.05) is 33.7 Å². The molecular formula is C24H29N7O2. The van der Waals surface area contributed by atoms with Crippen molar-refractivity contribution in [2.24, 2.45) is 0 Å². The van der Waals surface area contributed by atoms with Crippen LogP contribution >= 0.6 is 0 Å². The Balaban J connectivity index is 1.34. The number of pyridine rings is 1. The van der Waals surface area contributed by atoms with Crippen LogP contribution in [0.1, 0.15) is 24.0 Å². The number of carbonyl (C=O) groups is 1. The summed E-state index contributed by atoms with van der Waals surface area (Å²) in [7, 11) is 3.83. The van der Waals surface area contributed by atoms with Crippen LogP contribution < -0.4 is 4.74 Å². The Morgan fingerprint density at radius 3 is 2.67 bits per heavy atom. The van der Waals surface area contributed by atoms with Crippen LogP contribution in [0.5, 0.6) is 5.88 Å². The molecule has 1 aromatic carbocycles. The Labute approximate surface area is 192 Å². The number of benzene rings is 1. The normalized spacial score (nSPS) is 15.1. The van der Waals surface area contributed by atoms with Gasteiger partial charge in [-0.15, -0.1) is 5.10 Å². The molecular weight excluding hydrogens is 418 g/mol. The number of likely N-dealkylation sites (tertiary alicyclic amines) is 1. The van der Waals surface area contributed by atoms with Gasteiger partial charge in [-0.2, -0.15) is 5.10 Å². The van der Waals surface area contributed by atoms with Gasteiger partial charge < -0.3 is 14.5 Å². The molecule has 4 heterocycles. The number of hydrogen-bond donors (Lipinski definition) is 1. The van der Waals surface area contributed by atoms with Gasteiger partial charge in [0.25, 0.3) is 0 Å². The molecule has 1 amide bonds. The summed E-state index contributed by atoms with van der Waals surface area (Å²) < 4.78 is 8.10. The number of aryl methyl sites for hydroxylation is 2. The first-order chi connectivity index (χ1) is 15.9. The average Bonchev–Trinajstić information content (AvgIpc) is 3.41. The number of H-pyrrole nitrogens is 1. The van der Waals surface area contributed by atoms with E-state index in [2.05, 4.69) is 45.4 Å². The second-order valence-corrected chi connectivity index (χ2v) is 9.12. The summed E-state index contributed by atoms with van der Waals surface area (Å²) in [4.78, 5) is 20.4. The number of ether oxygens (including phenoxy) is 1. The van der Waals surface area contributed by atoms with Gasteiger partial charge in [-0.1, -0.05) is 6.07 Å². The third-order valence-corrected chi connectivity index (χ3v) is 6.24. The molecule has 1 fully saturated rings. The first kappa shape index (κ1) is 21.4. The maximum absolute atomic E-state index is 12.3. The highest BCUT2D eigenvalue weighted by Crippen LogP contribution is 2.33. The lowest BCUT2D eigenvalue weighted by atomic mass is 10.0. The Kier molecular flexibility index (Phi) is 5.49. The van der Waals surface area contributed by atoms with Gasteiger partial charge in [0.15, 0.2) is 5.65 Å². The molecule has 0 atom stereocenters. The predicted octanol–water partition coefficient (Wildman–Crippen LogP) is 2.82. The fourth-order valence-electron chi connectivity index (χ4n) is 4.58. The van der Waals surface area contributed by atoms with Crippen molar-refractivity contribution in [3.63, 3.8) is 0 Å². The molecule has 0 unspecified atom stereocenters. The van der Waals surface area contributed by atoms with Crippen LogP contribution in [0.2, 0.25) is 0 Å². The summed E-state index contributed by atoms with van der Waals surface area (Å²) in [5.41, 5.74) is 6.14. The van der Waals surface area contributed by atoms with E-state index in [9.17, 15) is 4.79 Å². The van der Waals surface area contributed by atoms with Crippen LogP contribution in [-0.2, 0) is 4.79 Å². The van der Waals surface area contributed by atoms with Crippen molar-refractivity contribution in [3.05, 3.63) is 41.9 Å². The highest BCUT2D eigenvalue weighted by Gasteiger charge is 2.25. The Morgan fingerprint density at radius 2 is 1.91 bits per heavy atom. The van der Waals surface area contributed by atoms with Crippen molar-refractivity contribution in [3.8, 4) is 17.0 Å². The number of nitrogens with one attached hydrogen (secondary N) is 1. The molecule has 0 bridgehead atoms. The van der Waals surface area contributed by atoms with Crippen molar-refractivity contribution in [1.82, 2.24) is 34.6 Å². The van der Waals surface area contributed by atoms with E-state index in [0.29, 0.717) is 25.5 Å². The summed E-state index contributed by atoms with van der Waals surface area (Å²) >= 11 is 0. The zero-order valence-electron chi connectivity index (χ0n) is 19.5. The summed E-state index contributed by atoms with van der Waals surface area (Å²) in [6.45, 7) is 6.00. The maximum Gasteiger partial charge on any atom is 0.241 e. The zero-order valence-corrected chi connectivity index (χ0v) is 19.5. The van der Waals surface area contributed by atoms with E-state index < -0.39 is 0 Å². The summed E-state index contributed by atoms with van der Waals surface area (Å²) in [5, 5.41) is 12.9. The second kappa shape index (κ2) is 8.47. The molecule has 0 aliphatic carbocycles. The molecule has 1 aliphatic rings. The minimum Gasteiger partial charge on any atom is -0.473 e. The molecule has 1 saturated heterocycles. The molecule has 33 heavy (non-hydrogen) atoms. The molecule has 4 aromatic rings. The van der Waals surface area contributed by atoms with Crippen LogP contribution in [0, 0.1) is 13.8 Å². The number of hydrogen-bond acceptors (Lipinski definition) is 6. The maximum atomic E-state index is 12.3. The molecule has 5 rings (SSSR count). The van der Waals surface area contributed by atoms with E-state index in [1.807, 2.05) is 37.0 Å². The average molecular weight is 448 g/mol. The van der Waals surface area contributed by atoms with Gasteiger partial charge in [-0.3, -0.25) is 9.89 Å². The molecule has 0 spiro atoms. The van der Waals surface area contributed by atoms with E-state index in [4.69, 9.17) is 4.74 Å². The Bertz CT molecular complexity index is 1320. The quantitative estimate of drug-likeness (QED) is 0.506. The van der Waals surface area contributed by atoms with Gasteiger partial charge in [-0.25, -0.2) is 9.50 Å². The number of piperidine rings is 1. The molecule has 3 aromatic heterocycles. The van der Waals surface area contributed by atoms with Crippen LogP contribution in [0.3, 0.4) is 0 Å². The molecule has 9 heteroatoms. The molecule has 1 N–H and O–H groups in total. The number of rotatable bonds is 5. The van der Waals surface area contributed by atoms with E-state index in [1.54, 1.807) is 10.8 Å². The number of likely N-dealkylation sites (N-methyl/N-ethyl adjacent to an activating group) is 1. The van der Waals surface area contributed by atoms with Crippen molar-refractivity contribution in [1.29, 1.82) is 0 Å². The SMILES string of the molecule is Cc1cc(-c2cc(C)c3ncnn3c2)cc2[nH]nc(OC3CCN(C(=O)CN(C)C)CC3)c12. The summed E-state index contributed by atoms with van der Waals surface area (Å²) in [6, 6.07) is 6.39. The lowest BCUT2D eigenvalue weighted by molar-refractivity contribution is -0.133. The Morgan fingerprint density at radius 1 is 1.15 bits per heavy atom. The molecule has 1 aliphatic heterocycles. The van der Waals surface area contributed by atoms with Crippen molar-refractivity contribution >= 4 is 22.5 Å². The van der Waals surface area contributed by atoms with E-state index >= 15 is 0 Å². The lowest BCUT2D eigenvalue weighted by Crippen LogP contribution is -2.45.